The fraction of sp³-hybridized carbons (Fsp3) is 0.308. The number of nitrogens with one attached hydrogen (secondary N) is 2. The standard InChI is InChI=1S/C13H15N3O6/c1-2-7-14-13(19)15-11(17)8-22-12(18)9-5-3-4-6-10(9)16(20)21/h3-6H,2,7-8H2,1H3,(H2,14,15,17,19). The molecule has 0 saturated heterocycles. The number of hydrogen-bond donors (Lipinski definition) is 2. The van der Waals surface area contributed by atoms with E-state index in [1.54, 1.807) is 0 Å². The van der Waals surface area contributed by atoms with E-state index in [0.29, 0.717) is 13.0 Å². The lowest BCUT2D eigenvalue weighted by Gasteiger charge is -2.07. The van der Waals surface area contributed by atoms with Crippen molar-refractivity contribution < 1.29 is 24.0 Å². The van der Waals surface area contributed by atoms with Crippen LogP contribution in [0.4, 0.5) is 10.5 Å². The van der Waals surface area contributed by atoms with Crippen LogP contribution in [0.2, 0.25) is 0 Å². The molecule has 0 aromatic heterocycles. The third-order valence-corrected chi connectivity index (χ3v) is 2.44. The van der Waals surface area contributed by atoms with Crippen molar-refractivity contribution in [2.24, 2.45) is 0 Å². The second kappa shape index (κ2) is 8.35. The van der Waals surface area contributed by atoms with Gasteiger partial charge in [0, 0.05) is 12.6 Å². The molecule has 1 rings (SSSR count). The summed E-state index contributed by atoms with van der Waals surface area (Å²) in [5, 5.41) is 15.1. The van der Waals surface area contributed by atoms with Crippen molar-refractivity contribution in [2.45, 2.75) is 13.3 Å². The second-order valence-electron chi connectivity index (χ2n) is 4.15. The molecule has 0 aliphatic rings. The summed E-state index contributed by atoms with van der Waals surface area (Å²) in [6.45, 7) is 1.52. The minimum atomic E-state index is -1.02. The van der Waals surface area contributed by atoms with Gasteiger partial charge in [0.15, 0.2) is 6.61 Å². The summed E-state index contributed by atoms with van der Waals surface area (Å²) in [4.78, 5) is 44.4. The van der Waals surface area contributed by atoms with Crippen molar-refractivity contribution in [3.8, 4) is 0 Å². The van der Waals surface area contributed by atoms with Gasteiger partial charge in [0.2, 0.25) is 0 Å². The molecule has 3 amide bonds. The zero-order valence-corrected chi connectivity index (χ0v) is 11.8. The number of benzene rings is 1. The Morgan fingerprint density at radius 2 is 1.95 bits per heavy atom. The van der Waals surface area contributed by atoms with Crippen LogP contribution in [0.3, 0.4) is 0 Å². The molecule has 0 aliphatic carbocycles. The summed E-state index contributed by atoms with van der Waals surface area (Å²) in [6, 6.07) is 4.50. The number of ether oxygens (including phenoxy) is 1. The fourth-order valence-corrected chi connectivity index (χ4v) is 1.46. The molecule has 118 valence electrons. The Kier molecular flexibility index (Phi) is 6.48. The largest absolute Gasteiger partial charge is 0.452 e. The zero-order chi connectivity index (χ0) is 16.5. The Morgan fingerprint density at radius 3 is 2.59 bits per heavy atom. The number of rotatable bonds is 6. The smallest absolute Gasteiger partial charge is 0.345 e. The van der Waals surface area contributed by atoms with E-state index in [-0.39, 0.29) is 5.56 Å². The predicted octanol–water partition coefficient (Wildman–Crippen LogP) is 0.987. The highest BCUT2D eigenvalue weighted by atomic mass is 16.6. The first kappa shape index (κ1) is 17.1. The highest BCUT2D eigenvalue weighted by Gasteiger charge is 2.21. The van der Waals surface area contributed by atoms with Gasteiger partial charge in [-0.25, -0.2) is 9.59 Å². The summed E-state index contributed by atoms with van der Waals surface area (Å²) < 4.78 is 4.65. The molecule has 0 radical (unpaired) electrons. The number of imide groups is 1. The Balaban J connectivity index is 2.55. The minimum Gasteiger partial charge on any atom is -0.452 e. The number of nitro groups is 1. The van der Waals surface area contributed by atoms with Gasteiger partial charge in [-0.1, -0.05) is 19.1 Å². The van der Waals surface area contributed by atoms with E-state index in [1.165, 1.54) is 18.2 Å². The van der Waals surface area contributed by atoms with Crippen LogP contribution in [-0.4, -0.2) is 36.0 Å². The van der Waals surface area contributed by atoms with Crippen LogP contribution in [-0.2, 0) is 9.53 Å². The van der Waals surface area contributed by atoms with E-state index in [1.807, 2.05) is 12.2 Å². The lowest BCUT2D eigenvalue weighted by Crippen LogP contribution is -2.41. The van der Waals surface area contributed by atoms with Gasteiger partial charge in [0.25, 0.3) is 11.6 Å². The predicted molar refractivity (Wildman–Crippen MR) is 75.2 cm³/mol. The fourth-order valence-electron chi connectivity index (χ4n) is 1.46. The quantitative estimate of drug-likeness (QED) is 0.458. The number of carbonyl (C=O) groups is 3. The summed E-state index contributed by atoms with van der Waals surface area (Å²) >= 11 is 0. The number of nitrogens with zero attached hydrogens (tertiary/aromatic N) is 1. The molecule has 1 aromatic carbocycles. The molecule has 0 bridgehead atoms. The first-order chi connectivity index (χ1) is 10.5. The highest BCUT2D eigenvalue weighted by molar-refractivity contribution is 5.98. The van der Waals surface area contributed by atoms with Crippen LogP contribution < -0.4 is 10.6 Å². The van der Waals surface area contributed by atoms with E-state index >= 15 is 0 Å². The molecule has 0 spiro atoms. The van der Waals surface area contributed by atoms with Gasteiger partial charge >= 0.3 is 12.0 Å². The molecule has 0 atom stereocenters. The molecule has 0 fully saturated rings. The zero-order valence-electron chi connectivity index (χ0n) is 11.8. The number of carbonyl (C=O) groups excluding carboxylic acids is 3. The summed E-state index contributed by atoms with van der Waals surface area (Å²) in [5.74, 6) is -1.85. The normalized spacial score (nSPS) is 9.68. The van der Waals surface area contributed by atoms with Crippen LogP contribution >= 0.6 is 0 Å². The average molecular weight is 309 g/mol. The average Bonchev–Trinajstić information content (AvgIpc) is 2.50. The summed E-state index contributed by atoms with van der Waals surface area (Å²) in [7, 11) is 0. The van der Waals surface area contributed by atoms with Crippen molar-refractivity contribution in [1.29, 1.82) is 0 Å². The van der Waals surface area contributed by atoms with E-state index in [0.717, 1.165) is 6.07 Å². The highest BCUT2D eigenvalue weighted by Crippen LogP contribution is 2.18. The van der Waals surface area contributed by atoms with Gasteiger partial charge in [-0.3, -0.25) is 20.2 Å². The Bertz CT molecular complexity index is 587. The molecule has 9 heteroatoms. The van der Waals surface area contributed by atoms with Gasteiger partial charge in [0.05, 0.1) is 4.92 Å². The van der Waals surface area contributed by atoms with Crippen molar-refractivity contribution in [1.82, 2.24) is 10.6 Å². The minimum absolute atomic E-state index is 0.268. The van der Waals surface area contributed by atoms with Crippen LogP contribution in [0.1, 0.15) is 23.7 Å². The maximum Gasteiger partial charge on any atom is 0.345 e. The van der Waals surface area contributed by atoms with Crippen molar-refractivity contribution >= 4 is 23.6 Å². The molecule has 0 unspecified atom stereocenters. The third-order valence-electron chi connectivity index (χ3n) is 2.44. The molecular weight excluding hydrogens is 294 g/mol. The van der Waals surface area contributed by atoms with Crippen LogP contribution in [0.5, 0.6) is 0 Å². The van der Waals surface area contributed by atoms with E-state index in [9.17, 15) is 24.5 Å². The number of hydrogen-bond acceptors (Lipinski definition) is 6. The van der Waals surface area contributed by atoms with Gasteiger partial charge < -0.3 is 10.1 Å². The van der Waals surface area contributed by atoms with Crippen LogP contribution in [0.25, 0.3) is 0 Å². The molecule has 22 heavy (non-hydrogen) atoms. The molecule has 0 heterocycles. The number of esters is 1. The lowest BCUT2D eigenvalue weighted by atomic mass is 10.2. The van der Waals surface area contributed by atoms with Crippen molar-refractivity contribution in [2.75, 3.05) is 13.2 Å². The van der Waals surface area contributed by atoms with E-state index in [4.69, 9.17) is 0 Å². The molecular formula is C13H15N3O6. The molecule has 1 aromatic rings. The van der Waals surface area contributed by atoms with Gasteiger partial charge in [0.1, 0.15) is 5.56 Å². The van der Waals surface area contributed by atoms with Crippen molar-refractivity contribution in [3.63, 3.8) is 0 Å². The van der Waals surface area contributed by atoms with Crippen LogP contribution in [0.15, 0.2) is 24.3 Å². The Hall–Kier alpha value is -2.97. The maximum absolute atomic E-state index is 11.7. The van der Waals surface area contributed by atoms with E-state index in [2.05, 4.69) is 10.1 Å². The molecule has 2 N–H and O–H groups in total. The Morgan fingerprint density at radius 1 is 1.27 bits per heavy atom. The maximum atomic E-state index is 11.7. The monoisotopic (exact) mass is 309 g/mol. The SMILES string of the molecule is CCCNC(=O)NC(=O)COC(=O)c1ccccc1[N+](=O)[O-]. The number of amides is 3. The number of urea groups is 1. The molecule has 0 aliphatic heterocycles. The van der Waals surface area contributed by atoms with Crippen LogP contribution in [0, 0.1) is 10.1 Å². The van der Waals surface area contributed by atoms with E-state index < -0.39 is 35.1 Å². The number of nitro benzene ring substituents is 1. The number of para-hydroxylation sites is 1. The van der Waals surface area contributed by atoms with Gasteiger partial charge in [-0.2, -0.15) is 0 Å². The topological polar surface area (TPSA) is 128 Å². The third kappa shape index (κ3) is 5.19. The second-order valence-corrected chi connectivity index (χ2v) is 4.15. The molecule has 9 nitrogen and oxygen atoms in total. The summed E-state index contributed by atoms with van der Waals surface area (Å²) in [6.07, 6.45) is 0.703. The van der Waals surface area contributed by atoms with Crippen molar-refractivity contribution in [3.05, 3.63) is 39.9 Å². The molecule has 0 saturated carbocycles. The first-order valence-corrected chi connectivity index (χ1v) is 6.44. The lowest BCUT2D eigenvalue weighted by molar-refractivity contribution is -0.385. The Labute approximate surface area is 125 Å². The summed E-state index contributed by atoms with van der Waals surface area (Å²) in [5.41, 5.74) is -0.690. The van der Waals surface area contributed by atoms with Gasteiger partial charge in [-0.05, 0) is 12.5 Å². The van der Waals surface area contributed by atoms with Gasteiger partial charge in [-0.15, -0.1) is 0 Å². The first-order valence-electron chi connectivity index (χ1n) is 6.44.